The minimum Gasteiger partial charge on any atom is -0.355 e. The summed E-state index contributed by atoms with van der Waals surface area (Å²) in [7, 11) is 4.45. The van der Waals surface area contributed by atoms with Crippen LogP contribution in [-0.2, 0) is 18.4 Å². The number of aryl methyl sites for hydroxylation is 2. The normalized spacial score (nSPS) is 19.1. The Morgan fingerprint density at radius 2 is 1.87 bits per heavy atom. The van der Waals surface area contributed by atoms with Gasteiger partial charge in [-0.3, -0.25) is 9.88 Å². The van der Waals surface area contributed by atoms with Gasteiger partial charge in [-0.05, 0) is 92.5 Å². The second kappa shape index (κ2) is 8.45. The van der Waals surface area contributed by atoms with Crippen molar-refractivity contribution in [2.75, 3.05) is 14.1 Å². The predicted molar refractivity (Wildman–Crippen MR) is 131 cm³/mol. The molecule has 0 spiro atoms. The van der Waals surface area contributed by atoms with Crippen molar-refractivity contribution in [1.29, 1.82) is 0 Å². The number of thiophene rings is 1. The second-order valence-corrected chi connectivity index (χ2v) is 9.66. The van der Waals surface area contributed by atoms with Gasteiger partial charge in [0.1, 0.15) is 0 Å². The van der Waals surface area contributed by atoms with Crippen LogP contribution >= 0.6 is 11.3 Å². The third-order valence-corrected chi connectivity index (χ3v) is 7.94. The van der Waals surface area contributed by atoms with Gasteiger partial charge in [-0.1, -0.05) is 30.3 Å². The van der Waals surface area contributed by atoms with Crippen LogP contribution in [0.3, 0.4) is 0 Å². The molecule has 1 N–H and O–H groups in total. The van der Waals surface area contributed by atoms with Crippen LogP contribution in [0.4, 0.5) is 0 Å². The fraction of sp³-hybridized carbons (Fsp3) is 0.296. The first-order chi connectivity index (χ1) is 15.2. The van der Waals surface area contributed by atoms with Gasteiger partial charge in [0.25, 0.3) is 0 Å². The van der Waals surface area contributed by atoms with Gasteiger partial charge >= 0.3 is 0 Å². The van der Waals surface area contributed by atoms with E-state index in [0.29, 0.717) is 0 Å². The average molecular weight is 428 g/mol. The molecule has 0 bridgehead atoms. The summed E-state index contributed by atoms with van der Waals surface area (Å²) in [5, 5.41) is 3.56. The summed E-state index contributed by atoms with van der Waals surface area (Å²) in [6.07, 6.45) is 11.6. The number of fused-ring (bicyclic) bond motifs is 1. The number of rotatable bonds is 6. The van der Waals surface area contributed by atoms with Crippen molar-refractivity contribution in [2.45, 2.75) is 37.6 Å². The molecular formula is C27H29N3S. The molecule has 0 saturated heterocycles. The molecule has 4 heteroatoms. The number of nitrogens with zero attached hydrogens (tertiary/aromatic N) is 2. The van der Waals surface area contributed by atoms with Crippen LogP contribution in [0, 0.1) is 0 Å². The van der Waals surface area contributed by atoms with Crippen molar-refractivity contribution < 1.29 is 0 Å². The van der Waals surface area contributed by atoms with Crippen LogP contribution in [-0.4, -0.2) is 29.0 Å². The minimum absolute atomic E-state index is 0.112. The van der Waals surface area contributed by atoms with E-state index in [9.17, 15) is 0 Å². The lowest BCUT2D eigenvalue weighted by molar-refractivity contribution is 0.143. The van der Waals surface area contributed by atoms with Crippen molar-refractivity contribution in [3.8, 4) is 0 Å². The van der Waals surface area contributed by atoms with Crippen molar-refractivity contribution in [2.24, 2.45) is 0 Å². The highest BCUT2D eigenvalue weighted by molar-refractivity contribution is 7.10. The lowest BCUT2D eigenvalue weighted by atomic mass is 9.79. The molecule has 0 fully saturated rings. The zero-order valence-corrected chi connectivity index (χ0v) is 19.1. The molecule has 5 rings (SSSR count). The maximum atomic E-state index is 4.16. The van der Waals surface area contributed by atoms with Crippen LogP contribution in [0.5, 0.6) is 0 Å². The molecule has 158 valence electrons. The highest BCUT2D eigenvalue weighted by Gasteiger charge is 2.37. The lowest BCUT2D eigenvalue weighted by Crippen LogP contribution is -2.41. The molecule has 1 aliphatic rings. The third-order valence-electron chi connectivity index (χ3n) is 6.88. The molecule has 0 amide bonds. The predicted octanol–water partition coefficient (Wildman–Crippen LogP) is 6.43. The van der Waals surface area contributed by atoms with E-state index >= 15 is 0 Å². The van der Waals surface area contributed by atoms with Gasteiger partial charge in [0.2, 0.25) is 0 Å². The van der Waals surface area contributed by atoms with E-state index in [2.05, 4.69) is 89.0 Å². The minimum atomic E-state index is 0.112. The van der Waals surface area contributed by atoms with Gasteiger partial charge in [0.05, 0.1) is 5.54 Å². The number of H-pyrrole nitrogens is 1. The van der Waals surface area contributed by atoms with E-state index in [-0.39, 0.29) is 5.54 Å². The Hall–Kier alpha value is -2.69. The number of aromatic amines is 1. The highest BCUT2D eigenvalue weighted by atomic mass is 32.1. The molecular weight excluding hydrogens is 398 g/mol. The van der Waals surface area contributed by atoms with Gasteiger partial charge in [-0.15, -0.1) is 11.3 Å². The van der Waals surface area contributed by atoms with Crippen molar-refractivity contribution in [1.82, 2.24) is 14.9 Å². The average Bonchev–Trinajstić information content (AvgIpc) is 3.47. The first kappa shape index (κ1) is 20.2. The summed E-state index contributed by atoms with van der Waals surface area (Å²) in [5.41, 5.74) is 6.95. The molecule has 3 aromatic heterocycles. The van der Waals surface area contributed by atoms with Crippen molar-refractivity contribution in [3.05, 3.63) is 94.1 Å². The topological polar surface area (TPSA) is 31.9 Å². The van der Waals surface area contributed by atoms with E-state index < -0.39 is 0 Å². The number of benzene rings is 1. The quantitative estimate of drug-likeness (QED) is 0.384. The number of pyridine rings is 1. The van der Waals surface area contributed by atoms with Gasteiger partial charge < -0.3 is 4.98 Å². The maximum Gasteiger partial charge on any atom is 0.0586 e. The SMILES string of the molecule is CN(C)C1(c2cccs2)CC=C(c2[nH]c3ccccc3c2CCc2ccncc2)CC1. The standard InChI is InChI=1S/C27H29N3S/c1-30(2)27(25-8-5-19-31-25)15-11-21(12-16-27)26-23(10-9-20-13-17-28-18-14-20)22-6-3-4-7-24(22)29-26/h3-8,11,13-14,17-19,29H,9-10,12,15-16H2,1-2H3. The molecule has 0 aliphatic heterocycles. The lowest BCUT2D eigenvalue weighted by Gasteiger charge is -2.41. The Kier molecular flexibility index (Phi) is 5.51. The van der Waals surface area contributed by atoms with E-state index in [1.165, 1.54) is 38.2 Å². The Morgan fingerprint density at radius 1 is 1.03 bits per heavy atom. The van der Waals surface area contributed by atoms with Gasteiger partial charge in [0.15, 0.2) is 0 Å². The van der Waals surface area contributed by atoms with E-state index in [4.69, 9.17) is 0 Å². The summed E-state index contributed by atoms with van der Waals surface area (Å²) in [6, 6.07) is 17.5. The Labute approximate surface area is 188 Å². The molecule has 1 aromatic carbocycles. The van der Waals surface area contributed by atoms with Crippen LogP contribution in [0.25, 0.3) is 16.5 Å². The monoisotopic (exact) mass is 427 g/mol. The fourth-order valence-corrected chi connectivity index (χ4v) is 6.06. The Morgan fingerprint density at radius 3 is 2.58 bits per heavy atom. The van der Waals surface area contributed by atoms with Crippen LogP contribution in [0.1, 0.15) is 41.0 Å². The number of nitrogens with one attached hydrogen (secondary N) is 1. The molecule has 1 aliphatic carbocycles. The smallest absolute Gasteiger partial charge is 0.0586 e. The molecule has 4 aromatic rings. The van der Waals surface area contributed by atoms with Crippen LogP contribution in [0.15, 0.2) is 72.4 Å². The van der Waals surface area contributed by atoms with Crippen molar-refractivity contribution >= 4 is 27.8 Å². The molecule has 31 heavy (non-hydrogen) atoms. The number of aromatic nitrogens is 2. The van der Waals surface area contributed by atoms with E-state index in [0.717, 1.165) is 32.1 Å². The van der Waals surface area contributed by atoms with Crippen LogP contribution < -0.4 is 0 Å². The largest absolute Gasteiger partial charge is 0.355 e. The number of allylic oxidation sites excluding steroid dienone is 1. The second-order valence-electron chi connectivity index (χ2n) is 8.72. The summed E-state index contributed by atoms with van der Waals surface area (Å²) >= 11 is 1.88. The number of para-hydroxylation sites is 1. The fourth-order valence-electron chi connectivity index (χ4n) is 5.01. The summed E-state index contributed by atoms with van der Waals surface area (Å²) in [4.78, 5) is 11.8. The number of hydrogen-bond acceptors (Lipinski definition) is 3. The number of hydrogen-bond donors (Lipinski definition) is 1. The van der Waals surface area contributed by atoms with Crippen molar-refractivity contribution in [3.63, 3.8) is 0 Å². The maximum absolute atomic E-state index is 4.16. The molecule has 1 unspecified atom stereocenters. The van der Waals surface area contributed by atoms with Gasteiger partial charge in [-0.25, -0.2) is 0 Å². The molecule has 0 saturated carbocycles. The Bertz CT molecular complexity index is 1190. The van der Waals surface area contributed by atoms with E-state index in [1.54, 1.807) is 0 Å². The first-order valence-electron chi connectivity index (χ1n) is 11.1. The molecule has 0 radical (unpaired) electrons. The van der Waals surface area contributed by atoms with E-state index in [1.807, 2.05) is 23.7 Å². The summed E-state index contributed by atoms with van der Waals surface area (Å²) in [6.45, 7) is 0. The van der Waals surface area contributed by atoms with Gasteiger partial charge in [0, 0.05) is 33.9 Å². The van der Waals surface area contributed by atoms with Gasteiger partial charge in [-0.2, -0.15) is 0 Å². The zero-order chi connectivity index (χ0) is 21.3. The third kappa shape index (κ3) is 3.75. The van der Waals surface area contributed by atoms with Crippen LogP contribution in [0.2, 0.25) is 0 Å². The highest BCUT2D eigenvalue weighted by Crippen LogP contribution is 2.45. The Balaban J connectivity index is 1.49. The molecule has 3 nitrogen and oxygen atoms in total. The summed E-state index contributed by atoms with van der Waals surface area (Å²) in [5.74, 6) is 0. The zero-order valence-electron chi connectivity index (χ0n) is 18.3. The molecule has 3 heterocycles. The summed E-state index contributed by atoms with van der Waals surface area (Å²) < 4.78 is 0. The first-order valence-corrected chi connectivity index (χ1v) is 11.9. The molecule has 1 atom stereocenters.